The Labute approximate surface area is 113 Å². The molecule has 8 heteroatoms. The van der Waals surface area contributed by atoms with Gasteiger partial charge < -0.3 is 14.4 Å². The Morgan fingerprint density at radius 2 is 2.00 bits per heavy atom. The van der Waals surface area contributed by atoms with E-state index in [0.717, 1.165) is 6.42 Å². The molecule has 0 radical (unpaired) electrons. The third-order valence-corrected chi connectivity index (χ3v) is 2.28. The van der Waals surface area contributed by atoms with E-state index in [-0.39, 0.29) is 12.0 Å². The number of rotatable bonds is 9. The monoisotopic (exact) mass is 270 g/mol. The number of aromatic nitrogens is 3. The highest BCUT2D eigenvalue weighted by atomic mass is 16.5. The van der Waals surface area contributed by atoms with Crippen molar-refractivity contribution in [3.05, 3.63) is 0 Å². The van der Waals surface area contributed by atoms with Crippen LogP contribution in [0.15, 0.2) is 0 Å². The number of hydrazine groups is 1. The van der Waals surface area contributed by atoms with E-state index in [1.807, 2.05) is 25.8 Å². The average Bonchev–Trinajstić information content (AvgIpc) is 2.44. The third kappa shape index (κ3) is 5.23. The number of hydrogen-bond donors (Lipinski definition) is 2. The number of likely N-dealkylation sites (N-methyl/N-ethyl adjacent to an activating group) is 1. The van der Waals surface area contributed by atoms with E-state index in [1.54, 1.807) is 0 Å². The van der Waals surface area contributed by atoms with E-state index in [1.165, 1.54) is 0 Å². The van der Waals surface area contributed by atoms with Crippen LogP contribution in [0.3, 0.4) is 0 Å². The van der Waals surface area contributed by atoms with Crippen LogP contribution in [0, 0.1) is 0 Å². The van der Waals surface area contributed by atoms with Gasteiger partial charge in [0.05, 0.1) is 13.2 Å². The Morgan fingerprint density at radius 3 is 2.63 bits per heavy atom. The van der Waals surface area contributed by atoms with Gasteiger partial charge in [-0.3, -0.25) is 5.43 Å². The Hall–Kier alpha value is -1.67. The maximum atomic E-state index is 5.40. The largest absolute Gasteiger partial charge is 0.463 e. The fourth-order valence-corrected chi connectivity index (χ4v) is 1.28. The summed E-state index contributed by atoms with van der Waals surface area (Å²) in [7, 11) is 1.87. The summed E-state index contributed by atoms with van der Waals surface area (Å²) in [6.07, 6.45) is 0.882. The summed E-state index contributed by atoms with van der Waals surface area (Å²) in [6.45, 7) is 6.49. The molecule has 0 aliphatic rings. The van der Waals surface area contributed by atoms with E-state index < -0.39 is 0 Å². The van der Waals surface area contributed by atoms with Crippen LogP contribution in [0.2, 0.25) is 0 Å². The van der Waals surface area contributed by atoms with Crippen LogP contribution in [0.25, 0.3) is 0 Å². The Bertz CT molecular complexity index is 376. The lowest BCUT2D eigenvalue weighted by Crippen LogP contribution is -2.26. The van der Waals surface area contributed by atoms with Gasteiger partial charge in [-0.05, 0) is 13.3 Å². The van der Waals surface area contributed by atoms with Crippen LogP contribution in [0.5, 0.6) is 6.01 Å². The molecule has 0 spiro atoms. The number of hydrogen-bond acceptors (Lipinski definition) is 8. The second-order valence-electron chi connectivity index (χ2n) is 3.85. The molecule has 1 aromatic rings. The third-order valence-electron chi connectivity index (χ3n) is 2.28. The molecule has 19 heavy (non-hydrogen) atoms. The number of nitrogens with one attached hydrogen (secondary N) is 1. The molecule has 0 fully saturated rings. The lowest BCUT2D eigenvalue weighted by molar-refractivity contribution is 0.154. The summed E-state index contributed by atoms with van der Waals surface area (Å²) in [5, 5.41) is 0. The zero-order valence-corrected chi connectivity index (χ0v) is 11.7. The minimum Gasteiger partial charge on any atom is -0.463 e. The molecule has 0 saturated carbocycles. The Kier molecular flexibility index (Phi) is 6.83. The number of nitrogen functional groups attached to an aromatic ring is 1. The molecular weight excluding hydrogens is 248 g/mol. The maximum Gasteiger partial charge on any atom is 0.323 e. The number of anilines is 2. The van der Waals surface area contributed by atoms with Crippen molar-refractivity contribution in [1.82, 2.24) is 15.0 Å². The second-order valence-corrected chi connectivity index (χ2v) is 3.85. The molecule has 0 aliphatic carbocycles. The predicted molar refractivity (Wildman–Crippen MR) is 73.2 cm³/mol. The molecule has 1 aromatic heterocycles. The first kappa shape index (κ1) is 15.4. The van der Waals surface area contributed by atoms with E-state index >= 15 is 0 Å². The van der Waals surface area contributed by atoms with Gasteiger partial charge in [0.15, 0.2) is 0 Å². The SMILES string of the molecule is CCCOc1nc(NN)nc(N(C)CCOCC)n1. The molecule has 8 nitrogen and oxygen atoms in total. The fraction of sp³-hybridized carbons (Fsp3) is 0.727. The molecule has 0 bridgehead atoms. The average molecular weight is 270 g/mol. The molecule has 3 N–H and O–H groups in total. The van der Waals surface area contributed by atoms with Gasteiger partial charge in [0, 0.05) is 20.2 Å². The quantitative estimate of drug-likeness (QED) is 0.378. The van der Waals surface area contributed by atoms with Crippen molar-refractivity contribution >= 4 is 11.9 Å². The first-order chi connectivity index (χ1) is 9.21. The minimum atomic E-state index is 0.267. The van der Waals surface area contributed by atoms with Crippen molar-refractivity contribution in [3.63, 3.8) is 0 Å². The first-order valence-corrected chi connectivity index (χ1v) is 6.35. The van der Waals surface area contributed by atoms with Gasteiger partial charge in [0.25, 0.3) is 0 Å². The van der Waals surface area contributed by atoms with Gasteiger partial charge in [-0.1, -0.05) is 6.92 Å². The van der Waals surface area contributed by atoms with Crippen molar-refractivity contribution < 1.29 is 9.47 Å². The van der Waals surface area contributed by atoms with Crippen LogP contribution < -0.4 is 20.9 Å². The smallest absolute Gasteiger partial charge is 0.323 e. The molecule has 1 rings (SSSR count). The molecule has 0 aromatic carbocycles. The molecular formula is C11H22N6O2. The van der Waals surface area contributed by atoms with Crippen LogP contribution in [-0.4, -0.2) is 48.4 Å². The number of nitrogens with two attached hydrogens (primary N) is 1. The zero-order valence-electron chi connectivity index (χ0n) is 11.7. The number of ether oxygens (including phenoxy) is 2. The lowest BCUT2D eigenvalue weighted by atomic mass is 10.5. The van der Waals surface area contributed by atoms with E-state index in [9.17, 15) is 0 Å². The highest BCUT2D eigenvalue weighted by Gasteiger charge is 2.10. The standard InChI is InChI=1S/C11H22N6O2/c1-4-7-19-11-14-9(16-12)13-10(15-11)17(3)6-8-18-5-2/h4-8,12H2,1-3H3,(H,13,14,15,16). The highest BCUT2D eigenvalue weighted by Crippen LogP contribution is 2.13. The van der Waals surface area contributed by atoms with Crippen LogP contribution >= 0.6 is 0 Å². The maximum absolute atomic E-state index is 5.40. The molecule has 0 atom stereocenters. The van der Waals surface area contributed by atoms with Gasteiger partial charge in [-0.15, -0.1) is 0 Å². The lowest BCUT2D eigenvalue weighted by Gasteiger charge is -2.17. The second kappa shape index (κ2) is 8.44. The minimum absolute atomic E-state index is 0.267. The summed E-state index contributed by atoms with van der Waals surface area (Å²) < 4.78 is 10.7. The fourth-order valence-electron chi connectivity index (χ4n) is 1.28. The highest BCUT2D eigenvalue weighted by molar-refractivity contribution is 5.36. The normalized spacial score (nSPS) is 10.3. The molecule has 108 valence electrons. The van der Waals surface area contributed by atoms with Crippen LogP contribution in [0.4, 0.5) is 11.9 Å². The molecule has 0 aliphatic heterocycles. The van der Waals surface area contributed by atoms with Crippen LogP contribution in [-0.2, 0) is 4.74 Å². The topological polar surface area (TPSA) is 98.4 Å². The summed E-state index contributed by atoms with van der Waals surface area (Å²) >= 11 is 0. The Morgan fingerprint density at radius 1 is 1.21 bits per heavy atom. The molecule has 0 unspecified atom stereocenters. The summed E-state index contributed by atoms with van der Waals surface area (Å²) in [5.41, 5.74) is 2.41. The summed E-state index contributed by atoms with van der Waals surface area (Å²) in [5.74, 6) is 6.11. The van der Waals surface area contributed by atoms with E-state index in [4.69, 9.17) is 15.3 Å². The summed E-state index contributed by atoms with van der Waals surface area (Å²) in [6, 6.07) is 0.267. The van der Waals surface area contributed by atoms with Crippen LogP contribution in [0.1, 0.15) is 20.3 Å². The van der Waals surface area contributed by atoms with Crippen molar-refractivity contribution in [2.45, 2.75) is 20.3 Å². The van der Waals surface area contributed by atoms with Crippen molar-refractivity contribution in [3.8, 4) is 6.01 Å². The van der Waals surface area contributed by atoms with E-state index in [0.29, 0.717) is 32.3 Å². The van der Waals surface area contributed by atoms with E-state index in [2.05, 4.69) is 20.4 Å². The Balaban J connectivity index is 2.74. The van der Waals surface area contributed by atoms with Crippen molar-refractivity contribution in [2.75, 3.05) is 43.7 Å². The van der Waals surface area contributed by atoms with Crippen molar-refractivity contribution in [2.24, 2.45) is 5.84 Å². The van der Waals surface area contributed by atoms with Crippen molar-refractivity contribution in [1.29, 1.82) is 0 Å². The van der Waals surface area contributed by atoms with Gasteiger partial charge in [-0.2, -0.15) is 15.0 Å². The molecule has 1 heterocycles. The summed E-state index contributed by atoms with van der Waals surface area (Å²) in [4.78, 5) is 14.3. The number of nitrogens with zero attached hydrogens (tertiary/aromatic N) is 4. The van der Waals surface area contributed by atoms with Gasteiger partial charge >= 0.3 is 6.01 Å². The van der Waals surface area contributed by atoms with Gasteiger partial charge in [-0.25, -0.2) is 5.84 Å². The van der Waals surface area contributed by atoms with Gasteiger partial charge in [0.1, 0.15) is 0 Å². The van der Waals surface area contributed by atoms with Gasteiger partial charge in [0.2, 0.25) is 11.9 Å². The predicted octanol–water partition coefficient (Wildman–Crippen LogP) is 0.419. The zero-order chi connectivity index (χ0) is 14.1. The first-order valence-electron chi connectivity index (χ1n) is 6.35. The molecule has 0 saturated heterocycles. The molecule has 0 amide bonds.